The lowest BCUT2D eigenvalue weighted by molar-refractivity contribution is 0.0987. The molecule has 138 valence electrons. The van der Waals surface area contributed by atoms with E-state index < -0.39 is 11.6 Å². The molecule has 0 unspecified atom stereocenters. The summed E-state index contributed by atoms with van der Waals surface area (Å²) in [4.78, 5) is 22.5. The minimum Gasteiger partial charge on any atom is -0.322 e. The van der Waals surface area contributed by atoms with Gasteiger partial charge in [0.05, 0.1) is 11.3 Å². The number of benzene rings is 2. The molecule has 0 radical (unpaired) electrons. The summed E-state index contributed by atoms with van der Waals surface area (Å²) in [6, 6.07) is 10.8. The molecule has 0 saturated carbocycles. The molecule has 27 heavy (non-hydrogen) atoms. The first-order valence-corrected chi connectivity index (χ1v) is 8.40. The number of nitrogens with one attached hydrogen (secondary N) is 1. The standard InChI is InChI=1S/C20H18F2N4O/c1-3-26(16-6-4-5-13(2)9-16)19(27)14-11-23-20(24-12-14)25-18-8-7-15(21)10-17(18)22/h4-12H,3H2,1-2H3,(H,23,24,25). The highest BCUT2D eigenvalue weighted by atomic mass is 19.1. The van der Waals surface area contributed by atoms with E-state index >= 15 is 0 Å². The Morgan fingerprint density at radius 1 is 1.11 bits per heavy atom. The second-order valence-corrected chi connectivity index (χ2v) is 5.93. The molecular formula is C20H18F2N4O. The van der Waals surface area contributed by atoms with Crippen LogP contribution in [0, 0.1) is 18.6 Å². The number of hydrogen-bond donors (Lipinski definition) is 1. The average molecular weight is 368 g/mol. The van der Waals surface area contributed by atoms with E-state index in [1.54, 1.807) is 4.90 Å². The fourth-order valence-electron chi connectivity index (χ4n) is 2.61. The topological polar surface area (TPSA) is 58.1 Å². The van der Waals surface area contributed by atoms with E-state index in [1.165, 1.54) is 18.5 Å². The number of aromatic nitrogens is 2. The number of halogens is 2. The minimum absolute atomic E-state index is 0.0467. The van der Waals surface area contributed by atoms with Crippen LogP contribution in [0.4, 0.5) is 26.1 Å². The van der Waals surface area contributed by atoms with Gasteiger partial charge >= 0.3 is 0 Å². The number of amides is 1. The summed E-state index contributed by atoms with van der Waals surface area (Å²) in [5.74, 6) is -1.55. The van der Waals surface area contributed by atoms with Gasteiger partial charge in [0.25, 0.3) is 5.91 Å². The van der Waals surface area contributed by atoms with Crippen molar-refractivity contribution in [2.45, 2.75) is 13.8 Å². The number of carbonyl (C=O) groups excluding carboxylic acids is 1. The molecule has 5 nitrogen and oxygen atoms in total. The fraction of sp³-hybridized carbons (Fsp3) is 0.150. The van der Waals surface area contributed by atoms with Gasteiger partial charge in [0.15, 0.2) is 0 Å². The summed E-state index contributed by atoms with van der Waals surface area (Å²) < 4.78 is 26.7. The van der Waals surface area contributed by atoms with Crippen molar-refractivity contribution >= 4 is 23.2 Å². The molecule has 1 heterocycles. The molecule has 0 fully saturated rings. The monoisotopic (exact) mass is 368 g/mol. The molecule has 0 atom stereocenters. The van der Waals surface area contributed by atoms with Crippen LogP contribution in [0.5, 0.6) is 0 Å². The predicted molar refractivity (Wildman–Crippen MR) is 100 cm³/mol. The third-order valence-corrected chi connectivity index (χ3v) is 3.95. The van der Waals surface area contributed by atoms with E-state index in [2.05, 4.69) is 15.3 Å². The molecule has 1 N–H and O–H groups in total. The SMILES string of the molecule is CCN(C(=O)c1cnc(Nc2ccc(F)cc2F)nc1)c1cccc(C)c1. The lowest BCUT2D eigenvalue weighted by Gasteiger charge is -2.21. The molecule has 0 spiro atoms. The fourth-order valence-corrected chi connectivity index (χ4v) is 2.61. The smallest absolute Gasteiger partial charge is 0.261 e. The lowest BCUT2D eigenvalue weighted by Crippen LogP contribution is -2.30. The van der Waals surface area contributed by atoms with Gasteiger partial charge in [-0.15, -0.1) is 0 Å². The Labute approximate surface area is 155 Å². The largest absolute Gasteiger partial charge is 0.322 e. The maximum Gasteiger partial charge on any atom is 0.261 e. The highest BCUT2D eigenvalue weighted by molar-refractivity contribution is 6.05. The third-order valence-electron chi connectivity index (χ3n) is 3.95. The van der Waals surface area contributed by atoms with Gasteiger partial charge in [0.2, 0.25) is 5.95 Å². The zero-order valence-electron chi connectivity index (χ0n) is 14.9. The van der Waals surface area contributed by atoms with Crippen LogP contribution in [0.1, 0.15) is 22.8 Å². The normalized spacial score (nSPS) is 10.5. The van der Waals surface area contributed by atoms with Crippen LogP contribution in [0.15, 0.2) is 54.9 Å². The molecule has 2 aromatic carbocycles. The number of aryl methyl sites for hydroxylation is 1. The van der Waals surface area contributed by atoms with Gasteiger partial charge in [-0.25, -0.2) is 18.7 Å². The van der Waals surface area contributed by atoms with E-state index in [-0.39, 0.29) is 17.5 Å². The first-order valence-electron chi connectivity index (χ1n) is 8.40. The Balaban J connectivity index is 1.78. The highest BCUT2D eigenvalue weighted by Gasteiger charge is 2.17. The van der Waals surface area contributed by atoms with Crippen molar-refractivity contribution in [3.63, 3.8) is 0 Å². The van der Waals surface area contributed by atoms with Gasteiger partial charge in [-0.3, -0.25) is 4.79 Å². The van der Waals surface area contributed by atoms with Crippen LogP contribution in [0.3, 0.4) is 0 Å². The second kappa shape index (κ2) is 7.90. The number of anilines is 3. The van der Waals surface area contributed by atoms with Crippen molar-refractivity contribution in [3.05, 3.63) is 77.6 Å². The van der Waals surface area contributed by atoms with Gasteiger partial charge < -0.3 is 10.2 Å². The molecule has 1 amide bonds. The zero-order valence-corrected chi connectivity index (χ0v) is 14.9. The van der Waals surface area contributed by atoms with Crippen molar-refractivity contribution in [1.82, 2.24) is 9.97 Å². The van der Waals surface area contributed by atoms with E-state index in [9.17, 15) is 13.6 Å². The van der Waals surface area contributed by atoms with Gasteiger partial charge in [-0.1, -0.05) is 12.1 Å². The summed E-state index contributed by atoms with van der Waals surface area (Å²) in [6.07, 6.45) is 2.75. The first-order chi connectivity index (χ1) is 13.0. The Bertz CT molecular complexity index is 960. The molecular weight excluding hydrogens is 350 g/mol. The second-order valence-electron chi connectivity index (χ2n) is 5.93. The van der Waals surface area contributed by atoms with Crippen LogP contribution in [0.25, 0.3) is 0 Å². The lowest BCUT2D eigenvalue weighted by atomic mass is 10.2. The van der Waals surface area contributed by atoms with Gasteiger partial charge in [-0.2, -0.15) is 0 Å². The molecule has 1 aromatic heterocycles. The molecule has 0 saturated heterocycles. The Morgan fingerprint density at radius 2 is 1.85 bits per heavy atom. The minimum atomic E-state index is -0.754. The molecule has 0 aliphatic heterocycles. The summed E-state index contributed by atoms with van der Waals surface area (Å²) >= 11 is 0. The quantitative estimate of drug-likeness (QED) is 0.722. The summed E-state index contributed by atoms with van der Waals surface area (Å²) in [5.41, 5.74) is 2.20. The molecule has 3 aromatic rings. The Morgan fingerprint density at radius 3 is 2.48 bits per heavy atom. The van der Waals surface area contributed by atoms with Gasteiger partial charge in [0.1, 0.15) is 11.6 Å². The maximum atomic E-state index is 13.7. The summed E-state index contributed by atoms with van der Waals surface area (Å²) in [6.45, 7) is 4.33. The summed E-state index contributed by atoms with van der Waals surface area (Å²) in [7, 11) is 0. The Kier molecular flexibility index (Phi) is 5.40. The van der Waals surface area contributed by atoms with E-state index in [1.807, 2.05) is 38.1 Å². The number of carbonyl (C=O) groups is 1. The number of nitrogens with zero attached hydrogens (tertiary/aromatic N) is 3. The van der Waals surface area contributed by atoms with Crippen LogP contribution < -0.4 is 10.2 Å². The van der Waals surface area contributed by atoms with Crippen molar-refractivity contribution in [1.29, 1.82) is 0 Å². The van der Waals surface area contributed by atoms with Crippen LogP contribution >= 0.6 is 0 Å². The molecule has 0 bridgehead atoms. The van der Waals surface area contributed by atoms with E-state index in [0.29, 0.717) is 12.1 Å². The molecule has 7 heteroatoms. The van der Waals surface area contributed by atoms with E-state index in [0.717, 1.165) is 23.4 Å². The van der Waals surface area contributed by atoms with E-state index in [4.69, 9.17) is 0 Å². The van der Waals surface area contributed by atoms with Crippen LogP contribution in [-0.4, -0.2) is 22.4 Å². The molecule has 0 aliphatic carbocycles. The van der Waals surface area contributed by atoms with Crippen molar-refractivity contribution in [3.8, 4) is 0 Å². The average Bonchev–Trinajstić information content (AvgIpc) is 2.65. The van der Waals surface area contributed by atoms with Gasteiger partial charge in [0, 0.05) is 30.7 Å². The first kappa shape index (κ1) is 18.4. The maximum absolute atomic E-state index is 13.7. The third kappa shape index (κ3) is 4.25. The predicted octanol–water partition coefficient (Wildman–Crippen LogP) is 4.47. The number of hydrogen-bond acceptors (Lipinski definition) is 4. The van der Waals surface area contributed by atoms with Crippen molar-refractivity contribution in [2.24, 2.45) is 0 Å². The van der Waals surface area contributed by atoms with Crippen molar-refractivity contribution in [2.75, 3.05) is 16.8 Å². The zero-order chi connectivity index (χ0) is 19.4. The number of rotatable bonds is 5. The van der Waals surface area contributed by atoms with Gasteiger partial charge in [-0.05, 0) is 43.7 Å². The Hall–Kier alpha value is -3.35. The highest BCUT2D eigenvalue weighted by Crippen LogP contribution is 2.20. The molecule has 0 aliphatic rings. The summed E-state index contributed by atoms with van der Waals surface area (Å²) in [5, 5.41) is 2.66. The van der Waals surface area contributed by atoms with Crippen molar-refractivity contribution < 1.29 is 13.6 Å². The molecule has 3 rings (SSSR count). The van der Waals surface area contributed by atoms with Crippen LogP contribution in [0.2, 0.25) is 0 Å². The van der Waals surface area contributed by atoms with Crippen LogP contribution in [-0.2, 0) is 0 Å².